The van der Waals surface area contributed by atoms with Crippen LogP contribution < -0.4 is 5.73 Å². The summed E-state index contributed by atoms with van der Waals surface area (Å²) in [5, 5.41) is 0. The maximum atomic E-state index is 5.52. The highest BCUT2D eigenvalue weighted by Gasteiger charge is 2.07. The second kappa shape index (κ2) is 5.16. The topological polar surface area (TPSA) is 26.0 Å². The van der Waals surface area contributed by atoms with Gasteiger partial charge >= 0.3 is 0 Å². The van der Waals surface area contributed by atoms with Gasteiger partial charge in [0.1, 0.15) is 0 Å². The largest absolute Gasteiger partial charge is 0.330 e. The molecule has 0 aliphatic heterocycles. The predicted octanol–water partition coefficient (Wildman–Crippen LogP) is 3.15. The Labute approximate surface area is 87.3 Å². The van der Waals surface area contributed by atoms with E-state index in [0.29, 0.717) is 5.92 Å². The second-order valence-electron chi connectivity index (χ2n) is 4.19. The highest BCUT2D eigenvalue weighted by atomic mass is 14.5. The summed E-state index contributed by atoms with van der Waals surface area (Å²) in [6.07, 6.45) is 2.31. The quantitative estimate of drug-likeness (QED) is 0.777. The lowest BCUT2D eigenvalue weighted by Crippen LogP contribution is -2.03. The third-order valence-corrected chi connectivity index (χ3v) is 2.81. The molecule has 0 bridgehead atoms. The first-order valence-corrected chi connectivity index (χ1v) is 5.42. The lowest BCUT2D eigenvalue weighted by molar-refractivity contribution is 0.637. The number of nitrogens with two attached hydrogens (primary N) is 1. The molecule has 0 saturated heterocycles. The first-order valence-electron chi connectivity index (χ1n) is 5.42. The van der Waals surface area contributed by atoms with E-state index in [1.54, 1.807) is 0 Å². The third kappa shape index (κ3) is 2.85. The van der Waals surface area contributed by atoms with Gasteiger partial charge < -0.3 is 5.73 Å². The molecule has 1 nitrogen and oxygen atoms in total. The average molecular weight is 191 g/mol. The van der Waals surface area contributed by atoms with E-state index in [-0.39, 0.29) is 0 Å². The number of benzene rings is 1. The fourth-order valence-electron chi connectivity index (χ4n) is 1.87. The van der Waals surface area contributed by atoms with Gasteiger partial charge in [0.2, 0.25) is 0 Å². The van der Waals surface area contributed by atoms with Gasteiger partial charge in [0, 0.05) is 0 Å². The van der Waals surface area contributed by atoms with Crippen LogP contribution in [0.1, 0.15) is 42.4 Å². The molecule has 78 valence electrons. The average Bonchev–Trinajstić information content (AvgIpc) is 2.18. The predicted molar refractivity (Wildman–Crippen MR) is 62.6 cm³/mol. The Morgan fingerprint density at radius 1 is 1.29 bits per heavy atom. The molecule has 0 aliphatic rings. The minimum Gasteiger partial charge on any atom is -0.330 e. The summed E-state index contributed by atoms with van der Waals surface area (Å²) in [4.78, 5) is 0. The van der Waals surface area contributed by atoms with E-state index in [1.165, 1.54) is 23.1 Å². The van der Waals surface area contributed by atoms with Crippen molar-refractivity contribution in [3.05, 3.63) is 34.9 Å². The normalized spacial score (nSPS) is 12.9. The van der Waals surface area contributed by atoms with Crippen LogP contribution in [0.5, 0.6) is 0 Å². The summed E-state index contributed by atoms with van der Waals surface area (Å²) >= 11 is 0. The van der Waals surface area contributed by atoms with Crippen LogP contribution in [0.15, 0.2) is 18.2 Å². The Hall–Kier alpha value is -0.820. The van der Waals surface area contributed by atoms with Gasteiger partial charge in [-0.3, -0.25) is 0 Å². The molecule has 14 heavy (non-hydrogen) atoms. The number of aryl methyl sites for hydroxylation is 2. The molecule has 1 rings (SSSR count). The van der Waals surface area contributed by atoms with Gasteiger partial charge in [0.05, 0.1) is 0 Å². The Bertz CT molecular complexity index is 291. The second-order valence-corrected chi connectivity index (χ2v) is 4.19. The van der Waals surface area contributed by atoms with Crippen LogP contribution in [-0.2, 0) is 0 Å². The molecule has 0 amide bonds. The number of rotatable bonds is 4. The summed E-state index contributed by atoms with van der Waals surface area (Å²) in [6.45, 7) is 7.43. The summed E-state index contributed by atoms with van der Waals surface area (Å²) in [5.74, 6) is 0.637. The zero-order valence-electron chi connectivity index (χ0n) is 9.51. The molecule has 0 saturated carbocycles. The molecule has 0 aliphatic carbocycles. The highest BCUT2D eigenvalue weighted by molar-refractivity contribution is 5.32. The molecule has 1 unspecified atom stereocenters. The van der Waals surface area contributed by atoms with Gasteiger partial charge in [-0.2, -0.15) is 0 Å². The zero-order valence-corrected chi connectivity index (χ0v) is 9.51. The van der Waals surface area contributed by atoms with Gasteiger partial charge in [-0.25, -0.2) is 0 Å². The maximum absolute atomic E-state index is 5.52. The van der Waals surface area contributed by atoms with E-state index in [4.69, 9.17) is 5.73 Å². The van der Waals surface area contributed by atoms with E-state index in [9.17, 15) is 0 Å². The van der Waals surface area contributed by atoms with Crippen molar-refractivity contribution in [2.75, 3.05) is 6.54 Å². The fraction of sp³-hybridized carbons (Fsp3) is 0.538. The van der Waals surface area contributed by atoms with Crippen LogP contribution in [0.4, 0.5) is 0 Å². The van der Waals surface area contributed by atoms with E-state index < -0.39 is 0 Å². The van der Waals surface area contributed by atoms with Crippen LogP contribution in [0.25, 0.3) is 0 Å². The Kier molecular flexibility index (Phi) is 4.15. The van der Waals surface area contributed by atoms with Crippen molar-refractivity contribution in [1.29, 1.82) is 0 Å². The molecule has 1 atom stereocenters. The number of hydrogen-bond acceptors (Lipinski definition) is 1. The molecule has 1 aromatic carbocycles. The van der Waals surface area contributed by atoms with Crippen LogP contribution >= 0.6 is 0 Å². The summed E-state index contributed by atoms with van der Waals surface area (Å²) < 4.78 is 0. The molecule has 0 radical (unpaired) electrons. The van der Waals surface area contributed by atoms with Gasteiger partial charge in [0.15, 0.2) is 0 Å². The van der Waals surface area contributed by atoms with Crippen LogP contribution in [-0.4, -0.2) is 6.54 Å². The van der Waals surface area contributed by atoms with Crippen molar-refractivity contribution < 1.29 is 0 Å². The Balaban J connectivity index is 2.77. The Morgan fingerprint density at radius 3 is 2.64 bits per heavy atom. The molecule has 1 heteroatoms. The van der Waals surface area contributed by atoms with Gasteiger partial charge in [-0.15, -0.1) is 0 Å². The minimum atomic E-state index is 0.637. The van der Waals surface area contributed by atoms with Crippen LogP contribution in [0, 0.1) is 13.8 Å². The van der Waals surface area contributed by atoms with Crippen LogP contribution in [0.3, 0.4) is 0 Å². The van der Waals surface area contributed by atoms with Gasteiger partial charge in [-0.1, -0.05) is 30.7 Å². The zero-order chi connectivity index (χ0) is 10.6. The molecular weight excluding hydrogens is 170 g/mol. The van der Waals surface area contributed by atoms with Crippen LogP contribution in [0.2, 0.25) is 0 Å². The Morgan fingerprint density at radius 2 is 2.00 bits per heavy atom. The van der Waals surface area contributed by atoms with E-state index in [1.807, 2.05) is 0 Å². The maximum Gasteiger partial charge on any atom is -0.00771 e. The SMILES string of the molecule is Cc1ccc(C)c(C(C)CCCN)c1. The van der Waals surface area contributed by atoms with Gasteiger partial charge in [0.25, 0.3) is 0 Å². The first-order chi connectivity index (χ1) is 6.65. The van der Waals surface area contributed by atoms with Crippen molar-refractivity contribution in [3.63, 3.8) is 0 Å². The minimum absolute atomic E-state index is 0.637. The lowest BCUT2D eigenvalue weighted by atomic mass is 9.91. The van der Waals surface area contributed by atoms with Gasteiger partial charge in [-0.05, 0) is 50.3 Å². The van der Waals surface area contributed by atoms with E-state index >= 15 is 0 Å². The first kappa shape index (κ1) is 11.3. The standard InChI is InChI=1S/C13H21N/c1-10-6-7-12(3)13(9-10)11(2)5-4-8-14/h6-7,9,11H,4-5,8,14H2,1-3H3. The third-order valence-electron chi connectivity index (χ3n) is 2.81. The molecule has 0 aromatic heterocycles. The van der Waals surface area contributed by atoms with E-state index in [2.05, 4.69) is 39.0 Å². The molecule has 0 heterocycles. The summed E-state index contributed by atoms with van der Waals surface area (Å²) in [6, 6.07) is 6.69. The fourth-order valence-corrected chi connectivity index (χ4v) is 1.87. The lowest BCUT2D eigenvalue weighted by Gasteiger charge is -2.14. The van der Waals surface area contributed by atoms with Crippen molar-refractivity contribution >= 4 is 0 Å². The van der Waals surface area contributed by atoms with Crippen molar-refractivity contribution in [3.8, 4) is 0 Å². The molecule has 2 N–H and O–H groups in total. The van der Waals surface area contributed by atoms with Crippen molar-refractivity contribution in [2.45, 2.75) is 39.5 Å². The highest BCUT2D eigenvalue weighted by Crippen LogP contribution is 2.24. The monoisotopic (exact) mass is 191 g/mol. The molecule has 1 aromatic rings. The molecule has 0 spiro atoms. The van der Waals surface area contributed by atoms with E-state index in [0.717, 1.165) is 13.0 Å². The summed E-state index contributed by atoms with van der Waals surface area (Å²) in [7, 11) is 0. The molecule has 0 fully saturated rings. The molecular formula is C13H21N. The summed E-state index contributed by atoms with van der Waals surface area (Å²) in [5.41, 5.74) is 9.76. The van der Waals surface area contributed by atoms with Crippen molar-refractivity contribution in [1.82, 2.24) is 0 Å². The smallest absolute Gasteiger partial charge is 0.00771 e. The number of hydrogen-bond donors (Lipinski definition) is 1. The van der Waals surface area contributed by atoms with Crippen molar-refractivity contribution in [2.24, 2.45) is 5.73 Å².